The maximum absolute atomic E-state index is 12.8. The summed E-state index contributed by atoms with van der Waals surface area (Å²) in [5, 5.41) is 15.3. The zero-order valence-electron chi connectivity index (χ0n) is 15.7. The number of aryl methyl sites for hydroxylation is 1. The van der Waals surface area contributed by atoms with Gasteiger partial charge in [-0.3, -0.25) is 19.6 Å². The Bertz CT molecular complexity index is 820. The molecule has 0 aliphatic heterocycles. The van der Waals surface area contributed by atoms with E-state index in [0.29, 0.717) is 22.9 Å². The van der Waals surface area contributed by atoms with Gasteiger partial charge in [-0.15, -0.1) is 0 Å². The Morgan fingerprint density at radius 1 is 1.20 bits per heavy atom. The number of nitrogens with zero attached hydrogens (tertiary/aromatic N) is 3. The number of hydrogen-bond acceptors (Lipinski definition) is 4. The molecule has 0 spiro atoms. The molecule has 0 radical (unpaired) electrons. The second kappa shape index (κ2) is 7.17. The molecule has 2 aromatic rings. The summed E-state index contributed by atoms with van der Waals surface area (Å²) in [5.74, 6) is 0.521. The van der Waals surface area contributed by atoms with Crippen LogP contribution in [0.5, 0.6) is 0 Å². The van der Waals surface area contributed by atoms with Gasteiger partial charge >= 0.3 is 5.69 Å². The highest BCUT2D eigenvalue weighted by Crippen LogP contribution is 2.27. The molecule has 0 aliphatic carbocycles. The first-order valence-corrected chi connectivity index (χ1v) is 8.48. The minimum absolute atomic E-state index is 0.00125. The smallest absolute Gasteiger partial charge is 0.292 e. The van der Waals surface area contributed by atoms with Crippen LogP contribution in [0.1, 0.15) is 72.4 Å². The van der Waals surface area contributed by atoms with E-state index in [9.17, 15) is 14.9 Å². The predicted molar refractivity (Wildman–Crippen MR) is 97.3 cm³/mol. The number of rotatable bonds is 6. The predicted octanol–water partition coefficient (Wildman–Crippen LogP) is 4.54. The number of hydrogen-bond donors (Lipinski definition) is 0. The van der Waals surface area contributed by atoms with Gasteiger partial charge in [0.1, 0.15) is 17.9 Å². The number of carbonyl (C=O) groups excluding carboxylic acids is 1. The van der Waals surface area contributed by atoms with Crippen LogP contribution in [0.25, 0.3) is 0 Å². The molecule has 0 saturated carbocycles. The molecule has 1 aromatic carbocycles. The van der Waals surface area contributed by atoms with Crippen molar-refractivity contribution in [3.8, 4) is 0 Å². The summed E-state index contributed by atoms with van der Waals surface area (Å²) >= 11 is 0. The highest BCUT2D eigenvalue weighted by molar-refractivity contribution is 5.97. The lowest BCUT2D eigenvalue weighted by Gasteiger charge is -2.16. The summed E-state index contributed by atoms with van der Waals surface area (Å²) < 4.78 is 1.43. The number of benzene rings is 1. The molecule has 0 saturated heterocycles. The van der Waals surface area contributed by atoms with E-state index in [2.05, 4.69) is 38.9 Å². The average Bonchev–Trinajstić information content (AvgIpc) is 2.80. The van der Waals surface area contributed by atoms with Crippen LogP contribution in [0, 0.1) is 24.0 Å². The molecule has 6 heteroatoms. The van der Waals surface area contributed by atoms with Crippen molar-refractivity contribution < 1.29 is 9.72 Å². The van der Waals surface area contributed by atoms with Crippen molar-refractivity contribution >= 4 is 11.5 Å². The average molecular weight is 343 g/mol. The monoisotopic (exact) mass is 343 g/mol. The number of carbonyl (C=O) groups is 1. The normalized spacial score (nSPS) is 11.4. The second-order valence-corrected chi connectivity index (χ2v) is 7.01. The van der Waals surface area contributed by atoms with Gasteiger partial charge in [0.2, 0.25) is 0 Å². The highest BCUT2D eigenvalue weighted by atomic mass is 16.6. The van der Waals surface area contributed by atoms with Crippen LogP contribution in [-0.2, 0) is 6.54 Å². The van der Waals surface area contributed by atoms with E-state index in [1.165, 1.54) is 10.2 Å². The molecule has 25 heavy (non-hydrogen) atoms. The molecule has 6 nitrogen and oxygen atoms in total. The van der Waals surface area contributed by atoms with E-state index in [1.807, 2.05) is 12.1 Å². The summed E-state index contributed by atoms with van der Waals surface area (Å²) in [7, 11) is 0. The zero-order valence-corrected chi connectivity index (χ0v) is 15.7. The highest BCUT2D eigenvalue weighted by Gasteiger charge is 2.24. The summed E-state index contributed by atoms with van der Waals surface area (Å²) in [6.45, 7) is 11.6. The Balaban J connectivity index is 2.39. The molecule has 0 aliphatic rings. The number of aromatic nitrogens is 2. The SMILES string of the molecule is Cc1nn(CC(=O)c2ccc(C(C)C)cc2C(C)C)c(C)c1[N+](=O)[O-]. The summed E-state index contributed by atoms with van der Waals surface area (Å²) in [4.78, 5) is 23.5. The topological polar surface area (TPSA) is 78.0 Å². The third kappa shape index (κ3) is 3.78. The van der Waals surface area contributed by atoms with Crippen LogP contribution in [0.4, 0.5) is 5.69 Å². The fourth-order valence-corrected chi connectivity index (χ4v) is 3.00. The first-order chi connectivity index (χ1) is 11.6. The van der Waals surface area contributed by atoms with Crippen LogP contribution in [-0.4, -0.2) is 20.5 Å². The standard InChI is InChI=1S/C19H25N3O3/c1-11(2)15-7-8-16(17(9-15)12(3)4)18(23)10-21-14(6)19(22(24)25)13(5)20-21/h7-9,11-12H,10H2,1-6H3. The van der Waals surface area contributed by atoms with Crippen LogP contribution in [0.2, 0.25) is 0 Å². The molecule has 0 fully saturated rings. The lowest BCUT2D eigenvalue weighted by molar-refractivity contribution is -0.386. The molecule has 1 aromatic heterocycles. The van der Waals surface area contributed by atoms with Gasteiger partial charge in [-0.25, -0.2) is 0 Å². The maximum Gasteiger partial charge on any atom is 0.312 e. The van der Waals surface area contributed by atoms with Crippen molar-refractivity contribution in [3.05, 3.63) is 56.4 Å². The van der Waals surface area contributed by atoms with Gasteiger partial charge in [0.15, 0.2) is 5.78 Å². The van der Waals surface area contributed by atoms with Gasteiger partial charge in [-0.2, -0.15) is 5.10 Å². The number of nitro groups is 1. The molecule has 0 N–H and O–H groups in total. The minimum Gasteiger partial charge on any atom is -0.292 e. The van der Waals surface area contributed by atoms with Crippen molar-refractivity contribution in [3.63, 3.8) is 0 Å². The van der Waals surface area contributed by atoms with Crippen molar-refractivity contribution in [1.82, 2.24) is 9.78 Å². The van der Waals surface area contributed by atoms with Gasteiger partial charge in [0.25, 0.3) is 0 Å². The Morgan fingerprint density at radius 2 is 1.84 bits per heavy atom. The van der Waals surface area contributed by atoms with E-state index in [-0.39, 0.29) is 23.9 Å². The zero-order chi connectivity index (χ0) is 18.9. The fourth-order valence-electron chi connectivity index (χ4n) is 3.00. The van der Waals surface area contributed by atoms with Gasteiger partial charge in [0.05, 0.1) is 4.92 Å². The minimum atomic E-state index is -0.449. The molecule has 134 valence electrons. The van der Waals surface area contributed by atoms with Crippen molar-refractivity contribution in [2.45, 2.75) is 59.9 Å². The summed E-state index contributed by atoms with van der Waals surface area (Å²) in [6.07, 6.45) is 0. The fraction of sp³-hybridized carbons (Fsp3) is 0.474. The van der Waals surface area contributed by atoms with Gasteiger partial charge in [-0.1, -0.05) is 45.9 Å². The van der Waals surface area contributed by atoms with Crippen molar-refractivity contribution in [2.75, 3.05) is 0 Å². The van der Waals surface area contributed by atoms with E-state index in [4.69, 9.17) is 0 Å². The second-order valence-electron chi connectivity index (χ2n) is 7.01. The van der Waals surface area contributed by atoms with Gasteiger partial charge in [0, 0.05) is 5.56 Å². The van der Waals surface area contributed by atoms with Crippen molar-refractivity contribution in [2.24, 2.45) is 0 Å². The van der Waals surface area contributed by atoms with Crippen LogP contribution >= 0.6 is 0 Å². The molecule has 1 heterocycles. The molecule has 0 atom stereocenters. The molecule has 0 bridgehead atoms. The Kier molecular flexibility index (Phi) is 5.40. The lowest BCUT2D eigenvalue weighted by atomic mass is 9.90. The largest absolute Gasteiger partial charge is 0.312 e. The van der Waals surface area contributed by atoms with Crippen LogP contribution in [0.15, 0.2) is 18.2 Å². The third-order valence-corrected chi connectivity index (χ3v) is 4.48. The Hall–Kier alpha value is -2.50. The molecular weight excluding hydrogens is 318 g/mol. The van der Waals surface area contributed by atoms with E-state index in [1.54, 1.807) is 13.8 Å². The number of Topliss-reactive ketones (excluding diaryl/α,β-unsaturated/α-hetero) is 1. The molecular formula is C19H25N3O3. The van der Waals surface area contributed by atoms with Crippen LogP contribution in [0.3, 0.4) is 0 Å². The third-order valence-electron chi connectivity index (χ3n) is 4.48. The molecule has 0 amide bonds. The van der Waals surface area contributed by atoms with E-state index >= 15 is 0 Å². The van der Waals surface area contributed by atoms with E-state index < -0.39 is 4.92 Å². The maximum atomic E-state index is 12.8. The summed E-state index contributed by atoms with van der Waals surface area (Å²) in [6, 6.07) is 5.94. The summed E-state index contributed by atoms with van der Waals surface area (Å²) in [5.41, 5.74) is 3.58. The Labute approximate surface area is 148 Å². The van der Waals surface area contributed by atoms with Crippen LogP contribution < -0.4 is 0 Å². The van der Waals surface area contributed by atoms with Crippen molar-refractivity contribution in [1.29, 1.82) is 0 Å². The van der Waals surface area contributed by atoms with E-state index in [0.717, 1.165) is 5.56 Å². The Morgan fingerprint density at radius 3 is 2.32 bits per heavy atom. The lowest BCUT2D eigenvalue weighted by Crippen LogP contribution is -2.15. The quantitative estimate of drug-likeness (QED) is 0.438. The first-order valence-electron chi connectivity index (χ1n) is 8.48. The molecule has 2 rings (SSSR count). The van der Waals surface area contributed by atoms with Gasteiger partial charge in [-0.05, 0) is 36.8 Å². The molecule has 0 unspecified atom stereocenters. The number of ketones is 1. The van der Waals surface area contributed by atoms with Gasteiger partial charge < -0.3 is 0 Å². The first kappa shape index (κ1) is 18.8.